The Kier molecular flexibility index (Phi) is 4.79. The SMILES string of the molecule is COc1ccc(-c2cc(-c3ccc4c(=O)n5c6ccccc6nc5c5cccc3c45)nn2-c2ccccc2)cc1. The minimum absolute atomic E-state index is 0.0623. The number of rotatable bonds is 4. The zero-order valence-electron chi connectivity index (χ0n) is 21.6. The van der Waals surface area contributed by atoms with Gasteiger partial charge in [-0.15, -0.1) is 0 Å². The lowest BCUT2D eigenvalue weighted by molar-refractivity contribution is 0.415. The van der Waals surface area contributed by atoms with Crippen LogP contribution < -0.4 is 10.3 Å². The highest BCUT2D eigenvalue weighted by molar-refractivity contribution is 6.19. The summed E-state index contributed by atoms with van der Waals surface area (Å²) in [5.41, 5.74) is 6.97. The lowest BCUT2D eigenvalue weighted by Gasteiger charge is -2.10. The summed E-state index contributed by atoms with van der Waals surface area (Å²) in [7, 11) is 1.67. The second-order valence-electron chi connectivity index (χ2n) is 9.84. The minimum atomic E-state index is -0.0623. The van der Waals surface area contributed by atoms with Crippen molar-refractivity contribution >= 4 is 38.2 Å². The van der Waals surface area contributed by atoms with E-state index in [2.05, 4.69) is 12.1 Å². The van der Waals surface area contributed by atoms with Gasteiger partial charge in [0.15, 0.2) is 0 Å². The quantitative estimate of drug-likeness (QED) is 0.249. The molecule has 6 nitrogen and oxygen atoms in total. The van der Waals surface area contributed by atoms with Gasteiger partial charge >= 0.3 is 0 Å². The molecule has 0 aliphatic rings. The number of fused-ring (bicyclic) bond motifs is 4. The molecule has 0 saturated heterocycles. The third kappa shape index (κ3) is 3.20. The van der Waals surface area contributed by atoms with Crippen molar-refractivity contribution in [3.05, 3.63) is 126 Å². The van der Waals surface area contributed by atoms with Crippen molar-refractivity contribution in [2.75, 3.05) is 7.11 Å². The molecule has 0 radical (unpaired) electrons. The summed E-state index contributed by atoms with van der Waals surface area (Å²) in [5, 5.41) is 8.60. The number of aromatic nitrogens is 4. The van der Waals surface area contributed by atoms with E-state index in [1.165, 1.54) is 0 Å². The van der Waals surface area contributed by atoms with Gasteiger partial charge in [0.25, 0.3) is 5.56 Å². The van der Waals surface area contributed by atoms with Crippen LogP contribution in [-0.4, -0.2) is 26.3 Å². The number of hydrogen-bond acceptors (Lipinski definition) is 4. The molecule has 0 unspecified atom stereocenters. The molecule has 0 bridgehead atoms. The van der Waals surface area contributed by atoms with E-state index in [0.29, 0.717) is 11.0 Å². The van der Waals surface area contributed by atoms with Gasteiger partial charge in [-0.2, -0.15) is 5.10 Å². The summed E-state index contributed by atoms with van der Waals surface area (Å²) >= 11 is 0. The van der Waals surface area contributed by atoms with Crippen molar-refractivity contribution in [3.8, 4) is 34.0 Å². The van der Waals surface area contributed by atoms with E-state index in [1.54, 1.807) is 11.5 Å². The van der Waals surface area contributed by atoms with Crippen LogP contribution in [0, 0.1) is 0 Å². The maximum atomic E-state index is 13.8. The van der Waals surface area contributed by atoms with E-state index in [9.17, 15) is 4.79 Å². The Morgan fingerprint density at radius 2 is 1.50 bits per heavy atom. The normalized spacial score (nSPS) is 11.7. The molecule has 5 aromatic carbocycles. The highest BCUT2D eigenvalue weighted by atomic mass is 16.5. The van der Waals surface area contributed by atoms with Crippen molar-refractivity contribution in [2.45, 2.75) is 0 Å². The predicted octanol–water partition coefficient (Wildman–Crippen LogP) is 7.12. The number of nitrogens with zero attached hydrogens (tertiary/aromatic N) is 4. The minimum Gasteiger partial charge on any atom is -0.497 e. The summed E-state index contributed by atoms with van der Waals surface area (Å²) < 4.78 is 9.08. The Morgan fingerprint density at radius 1 is 0.725 bits per heavy atom. The van der Waals surface area contributed by atoms with Gasteiger partial charge < -0.3 is 4.74 Å². The fraction of sp³-hybridized carbons (Fsp3) is 0.0294. The molecule has 0 fully saturated rings. The molecule has 40 heavy (non-hydrogen) atoms. The van der Waals surface area contributed by atoms with Crippen LogP contribution in [0.1, 0.15) is 0 Å². The van der Waals surface area contributed by atoms with Crippen LogP contribution in [0.25, 0.3) is 66.4 Å². The number of ether oxygens (including phenoxy) is 1. The zero-order valence-corrected chi connectivity index (χ0v) is 21.6. The van der Waals surface area contributed by atoms with E-state index < -0.39 is 0 Å². The number of pyridine rings is 1. The van der Waals surface area contributed by atoms with E-state index in [-0.39, 0.29) is 5.56 Å². The largest absolute Gasteiger partial charge is 0.497 e. The molecule has 0 saturated carbocycles. The smallest absolute Gasteiger partial charge is 0.264 e. The molecule has 0 amide bonds. The first kappa shape index (κ1) is 22.5. The second-order valence-corrected chi connectivity index (χ2v) is 9.84. The van der Waals surface area contributed by atoms with Gasteiger partial charge in [0.05, 0.1) is 35.2 Å². The fourth-order valence-corrected chi connectivity index (χ4v) is 5.77. The average molecular weight is 519 g/mol. The predicted molar refractivity (Wildman–Crippen MR) is 160 cm³/mol. The van der Waals surface area contributed by atoms with Gasteiger partial charge in [-0.1, -0.05) is 54.6 Å². The van der Waals surface area contributed by atoms with Crippen LogP contribution >= 0.6 is 0 Å². The third-order valence-electron chi connectivity index (χ3n) is 7.65. The number of imidazole rings is 1. The summed E-state index contributed by atoms with van der Waals surface area (Å²) in [4.78, 5) is 18.6. The van der Waals surface area contributed by atoms with Crippen LogP contribution in [0.2, 0.25) is 0 Å². The molecule has 0 N–H and O–H groups in total. The summed E-state index contributed by atoms with van der Waals surface area (Å²) in [6.45, 7) is 0. The van der Waals surface area contributed by atoms with Crippen LogP contribution in [-0.2, 0) is 0 Å². The van der Waals surface area contributed by atoms with Crippen molar-refractivity contribution < 1.29 is 4.74 Å². The third-order valence-corrected chi connectivity index (χ3v) is 7.65. The van der Waals surface area contributed by atoms with E-state index >= 15 is 0 Å². The number of methoxy groups -OCH3 is 1. The summed E-state index contributed by atoms with van der Waals surface area (Å²) in [5.74, 6) is 0.800. The summed E-state index contributed by atoms with van der Waals surface area (Å²) in [6.07, 6.45) is 0. The molecule has 3 heterocycles. The van der Waals surface area contributed by atoms with Gasteiger partial charge in [-0.25, -0.2) is 9.67 Å². The van der Waals surface area contributed by atoms with E-state index in [1.807, 2.05) is 108 Å². The maximum Gasteiger partial charge on any atom is 0.264 e. The van der Waals surface area contributed by atoms with Crippen molar-refractivity contribution in [3.63, 3.8) is 0 Å². The molecule has 190 valence electrons. The zero-order chi connectivity index (χ0) is 26.8. The first-order valence-electron chi connectivity index (χ1n) is 13.1. The Balaban J connectivity index is 1.41. The molecule has 0 atom stereocenters. The van der Waals surface area contributed by atoms with Gasteiger partial charge in [0, 0.05) is 27.3 Å². The number of benzene rings is 5. The molecular weight excluding hydrogens is 496 g/mol. The van der Waals surface area contributed by atoms with Crippen LogP contribution in [0.5, 0.6) is 5.75 Å². The van der Waals surface area contributed by atoms with Crippen LogP contribution in [0.15, 0.2) is 120 Å². The number of para-hydroxylation sites is 3. The highest BCUT2D eigenvalue weighted by Gasteiger charge is 2.20. The lowest BCUT2D eigenvalue weighted by atomic mass is 9.96. The van der Waals surface area contributed by atoms with Gasteiger partial charge in [-0.05, 0) is 66.0 Å². The van der Waals surface area contributed by atoms with Gasteiger partial charge in [0.2, 0.25) is 0 Å². The standard InChI is InChI=1S/C34H22N4O2/c1-40-23-16-14-21(15-17-23)31-20-29(36-38(31)22-8-3-2-4-9-22)24-18-19-27-32-25(24)10-7-11-26(32)33-35-28-12-5-6-13-30(28)37(33)34(27)39/h2-20H,1H3. The molecule has 8 rings (SSSR count). The first-order chi connectivity index (χ1) is 19.7. The van der Waals surface area contributed by atoms with E-state index in [4.69, 9.17) is 14.8 Å². The molecule has 0 spiro atoms. The Labute approximate surface area is 228 Å². The monoisotopic (exact) mass is 518 g/mol. The van der Waals surface area contributed by atoms with Crippen LogP contribution in [0.4, 0.5) is 0 Å². The number of hydrogen-bond donors (Lipinski definition) is 0. The Bertz CT molecular complexity index is 2270. The molecule has 0 aliphatic carbocycles. The second kappa shape index (κ2) is 8.51. The summed E-state index contributed by atoms with van der Waals surface area (Å²) in [6, 6.07) is 38.1. The van der Waals surface area contributed by atoms with Crippen molar-refractivity contribution in [2.24, 2.45) is 0 Å². The maximum absolute atomic E-state index is 13.8. The fourth-order valence-electron chi connectivity index (χ4n) is 5.77. The Morgan fingerprint density at radius 3 is 2.33 bits per heavy atom. The Hall–Kier alpha value is -5.49. The van der Waals surface area contributed by atoms with Crippen molar-refractivity contribution in [1.82, 2.24) is 19.2 Å². The molecule has 0 aliphatic heterocycles. The molecule has 6 heteroatoms. The van der Waals surface area contributed by atoms with Gasteiger partial charge in [0.1, 0.15) is 11.4 Å². The highest BCUT2D eigenvalue weighted by Crippen LogP contribution is 2.37. The average Bonchev–Trinajstić information content (AvgIpc) is 3.63. The molecular formula is C34H22N4O2. The molecule has 3 aromatic heterocycles. The first-order valence-corrected chi connectivity index (χ1v) is 13.1. The van der Waals surface area contributed by atoms with Crippen molar-refractivity contribution in [1.29, 1.82) is 0 Å². The molecule has 8 aromatic rings. The lowest BCUT2D eigenvalue weighted by Crippen LogP contribution is -2.13. The van der Waals surface area contributed by atoms with Gasteiger partial charge in [-0.3, -0.25) is 9.20 Å². The topological polar surface area (TPSA) is 61.4 Å². The van der Waals surface area contributed by atoms with Crippen LogP contribution in [0.3, 0.4) is 0 Å². The van der Waals surface area contributed by atoms with E-state index in [0.717, 1.165) is 61.1 Å².